The highest BCUT2D eigenvalue weighted by Crippen LogP contribution is 2.28. The Hall–Kier alpha value is -2.08. The van der Waals surface area contributed by atoms with Gasteiger partial charge < -0.3 is 4.74 Å². The van der Waals surface area contributed by atoms with E-state index in [1.54, 1.807) is 6.92 Å². The monoisotopic (exact) mass is 329 g/mol. The van der Waals surface area contributed by atoms with E-state index in [4.69, 9.17) is 4.74 Å². The Labute approximate surface area is 139 Å². The lowest BCUT2D eigenvalue weighted by atomic mass is 10.1. The summed E-state index contributed by atoms with van der Waals surface area (Å²) in [6.07, 6.45) is 0. The number of carbonyl (C=O) groups is 1. The van der Waals surface area contributed by atoms with Crippen LogP contribution in [-0.4, -0.2) is 32.9 Å². The maximum atomic E-state index is 11.6. The molecule has 23 heavy (non-hydrogen) atoms. The number of pyridine rings is 1. The van der Waals surface area contributed by atoms with Crippen molar-refractivity contribution in [3.63, 3.8) is 0 Å². The molecule has 3 rings (SSSR count). The van der Waals surface area contributed by atoms with Crippen LogP contribution in [0.3, 0.4) is 0 Å². The normalized spacial score (nSPS) is 11.3. The van der Waals surface area contributed by atoms with E-state index in [-0.39, 0.29) is 11.7 Å². The lowest BCUT2D eigenvalue weighted by Gasteiger charge is -2.10. The van der Waals surface area contributed by atoms with Gasteiger partial charge in [0, 0.05) is 0 Å². The van der Waals surface area contributed by atoms with Crippen molar-refractivity contribution in [2.75, 3.05) is 12.4 Å². The molecule has 3 aromatic rings. The number of thioether (sulfide) groups is 1. The number of hydrogen-bond donors (Lipinski definition) is 0. The zero-order chi connectivity index (χ0) is 16.6. The fourth-order valence-corrected chi connectivity index (χ4v) is 3.59. The van der Waals surface area contributed by atoms with E-state index in [1.165, 1.54) is 22.9 Å². The SMILES string of the molecule is CCOC(=O)CSc1nnc2c(C)cc3cc(C)cc(C)c3n12. The summed E-state index contributed by atoms with van der Waals surface area (Å²) in [5.41, 5.74) is 5.38. The van der Waals surface area contributed by atoms with Crippen molar-refractivity contribution in [1.82, 2.24) is 14.6 Å². The van der Waals surface area contributed by atoms with Crippen molar-refractivity contribution >= 4 is 34.3 Å². The zero-order valence-corrected chi connectivity index (χ0v) is 14.5. The highest BCUT2D eigenvalue weighted by atomic mass is 32.2. The molecule has 0 saturated carbocycles. The van der Waals surface area contributed by atoms with Crippen molar-refractivity contribution in [3.05, 3.63) is 34.9 Å². The first-order chi connectivity index (χ1) is 11.0. The van der Waals surface area contributed by atoms with Gasteiger partial charge in [-0.2, -0.15) is 0 Å². The molecule has 0 unspecified atom stereocenters. The van der Waals surface area contributed by atoms with Gasteiger partial charge in [0.05, 0.1) is 17.9 Å². The third-order valence-electron chi connectivity index (χ3n) is 3.68. The van der Waals surface area contributed by atoms with Gasteiger partial charge in [-0.3, -0.25) is 9.20 Å². The van der Waals surface area contributed by atoms with E-state index < -0.39 is 0 Å². The summed E-state index contributed by atoms with van der Waals surface area (Å²) in [5.74, 6) is -0.00612. The Balaban J connectivity index is 2.15. The van der Waals surface area contributed by atoms with Crippen LogP contribution in [0.25, 0.3) is 16.6 Å². The molecule has 0 N–H and O–H groups in total. The van der Waals surface area contributed by atoms with Crippen LogP contribution in [0.1, 0.15) is 23.6 Å². The van der Waals surface area contributed by atoms with E-state index in [0.717, 1.165) is 22.1 Å². The van der Waals surface area contributed by atoms with Gasteiger partial charge >= 0.3 is 5.97 Å². The summed E-state index contributed by atoms with van der Waals surface area (Å²) in [6.45, 7) is 8.40. The van der Waals surface area contributed by atoms with Gasteiger partial charge in [-0.25, -0.2) is 0 Å². The average molecular weight is 329 g/mol. The third-order valence-corrected chi connectivity index (χ3v) is 4.58. The Bertz CT molecular complexity index is 902. The molecule has 0 aliphatic rings. The number of ether oxygens (including phenoxy) is 1. The maximum absolute atomic E-state index is 11.6. The zero-order valence-electron chi connectivity index (χ0n) is 13.7. The van der Waals surface area contributed by atoms with Crippen LogP contribution in [0.2, 0.25) is 0 Å². The molecule has 0 atom stereocenters. The van der Waals surface area contributed by atoms with Crippen LogP contribution in [0.4, 0.5) is 0 Å². The summed E-state index contributed by atoms with van der Waals surface area (Å²) in [5, 5.41) is 10.4. The van der Waals surface area contributed by atoms with Crippen molar-refractivity contribution in [3.8, 4) is 0 Å². The van der Waals surface area contributed by atoms with Gasteiger partial charge in [-0.15, -0.1) is 10.2 Å². The maximum Gasteiger partial charge on any atom is 0.316 e. The molecule has 0 spiro atoms. The van der Waals surface area contributed by atoms with Crippen LogP contribution in [0.15, 0.2) is 23.4 Å². The third kappa shape index (κ3) is 2.91. The number of aromatic nitrogens is 3. The first-order valence-corrected chi connectivity index (χ1v) is 8.54. The molecular formula is C17H19N3O2S. The molecule has 0 fully saturated rings. The standard InChI is InChI=1S/C17H19N3O2S/c1-5-22-14(21)9-23-17-19-18-16-12(4)8-13-7-10(2)6-11(3)15(13)20(16)17/h6-8H,5,9H2,1-4H3. The van der Waals surface area contributed by atoms with E-state index >= 15 is 0 Å². The molecule has 6 heteroatoms. The Kier molecular flexibility index (Phi) is 4.26. The molecule has 1 aromatic carbocycles. The highest BCUT2D eigenvalue weighted by molar-refractivity contribution is 7.99. The number of benzene rings is 1. The van der Waals surface area contributed by atoms with Gasteiger partial charge in [0.25, 0.3) is 0 Å². The van der Waals surface area contributed by atoms with Crippen molar-refractivity contribution in [2.45, 2.75) is 32.9 Å². The predicted molar refractivity (Wildman–Crippen MR) is 92.1 cm³/mol. The number of nitrogens with zero attached hydrogens (tertiary/aromatic N) is 3. The number of fused-ring (bicyclic) bond motifs is 3. The quantitative estimate of drug-likeness (QED) is 0.542. The van der Waals surface area contributed by atoms with Gasteiger partial charge in [0.2, 0.25) is 0 Å². The van der Waals surface area contributed by atoms with Crippen LogP contribution in [0, 0.1) is 20.8 Å². The molecule has 2 heterocycles. The topological polar surface area (TPSA) is 56.5 Å². The summed E-state index contributed by atoms with van der Waals surface area (Å²) >= 11 is 1.36. The van der Waals surface area contributed by atoms with Crippen LogP contribution < -0.4 is 0 Å². The lowest BCUT2D eigenvalue weighted by Crippen LogP contribution is -2.07. The Morgan fingerprint density at radius 1 is 1.17 bits per heavy atom. The molecule has 5 nitrogen and oxygen atoms in total. The minimum Gasteiger partial charge on any atom is -0.465 e. The van der Waals surface area contributed by atoms with Crippen LogP contribution in [-0.2, 0) is 9.53 Å². The lowest BCUT2D eigenvalue weighted by molar-refractivity contribution is -0.139. The van der Waals surface area contributed by atoms with Crippen molar-refractivity contribution in [1.29, 1.82) is 0 Å². The predicted octanol–water partition coefficient (Wildman–Crippen LogP) is 3.46. The smallest absolute Gasteiger partial charge is 0.316 e. The number of hydrogen-bond acceptors (Lipinski definition) is 5. The highest BCUT2D eigenvalue weighted by Gasteiger charge is 2.15. The van der Waals surface area contributed by atoms with Crippen LogP contribution >= 0.6 is 11.8 Å². The average Bonchev–Trinajstić information content (AvgIpc) is 2.89. The minimum absolute atomic E-state index is 0.231. The molecular weight excluding hydrogens is 310 g/mol. The summed E-state index contributed by atoms with van der Waals surface area (Å²) in [6, 6.07) is 6.45. The van der Waals surface area contributed by atoms with E-state index in [2.05, 4.69) is 42.2 Å². The van der Waals surface area contributed by atoms with Crippen molar-refractivity contribution < 1.29 is 9.53 Å². The fraction of sp³-hybridized carbons (Fsp3) is 0.353. The van der Waals surface area contributed by atoms with Gasteiger partial charge in [-0.05, 0) is 56.3 Å². The second-order valence-electron chi connectivity index (χ2n) is 5.58. The molecule has 2 aromatic heterocycles. The summed E-state index contributed by atoms with van der Waals surface area (Å²) < 4.78 is 7.03. The molecule has 0 radical (unpaired) electrons. The largest absolute Gasteiger partial charge is 0.465 e. The Morgan fingerprint density at radius 2 is 1.96 bits per heavy atom. The van der Waals surface area contributed by atoms with E-state index in [9.17, 15) is 4.79 Å². The van der Waals surface area contributed by atoms with Crippen LogP contribution in [0.5, 0.6) is 0 Å². The molecule has 0 aliphatic carbocycles. The van der Waals surface area contributed by atoms with Gasteiger partial charge in [0.1, 0.15) is 0 Å². The first-order valence-electron chi connectivity index (χ1n) is 7.55. The van der Waals surface area contributed by atoms with Gasteiger partial charge in [0.15, 0.2) is 10.8 Å². The fourth-order valence-electron chi connectivity index (χ4n) is 2.85. The Morgan fingerprint density at radius 3 is 2.70 bits per heavy atom. The second-order valence-corrected chi connectivity index (χ2v) is 6.52. The second kappa shape index (κ2) is 6.20. The van der Waals surface area contributed by atoms with Gasteiger partial charge in [-0.1, -0.05) is 23.4 Å². The molecule has 0 amide bonds. The van der Waals surface area contributed by atoms with E-state index in [1.807, 2.05) is 11.3 Å². The molecule has 0 bridgehead atoms. The first kappa shape index (κ1) is 15.8. The number of esters is 1. The molecule has 0 aliphatic heterocycles. The van der Waals surface area contributed by atoms with E-state index in [0.29, 0.717) is 11.8 Å². The number of rotatable bonds is 4. The minimum atomic E-state index is -0.237. The van der Waals surface area contributed by atoms with Crippen molar-refractivity contribution in [2.24, 2.45) is 0 Å². The number of carbonyl (C=O) groups excluding carboxylic acids is 1. The summed E-state index contributed by atoms with van der Waals surface area (Å²) in [7, 11) is 0. The molecule has 120 valence electrons. The molecule has 0 saturated heterocycles. The number of aryl methyl sites for hydroxylation is 3. The summed E-state index contributed by atoms with van der Waals surface area (Å²) in [4.78, 5) is 11.6.